The van der Waals surface area contributed by atoms with E-state index in [1.54, 1.807) is 12.1 Å². The van der Waals surface area contributed by atoms with Crippen molar-refractivity contribution in [3.05, 3.63) is 125 Å². The van der Waals surface area contributed by atoms with E-state index in [-0.39, 0.29) is 39.0 Å². The predicted octanol–water partition coefficient (Wildman–Crippen LogP) is 8.39. The number of rotatable bonds is 16. The molecule has 0 amide bonds. The summed E-state index contributed by atoms with van der Waals surface area (Å²) < 4.78 is 37.1. The molecule has 1 heterocycles. The lowest BCUT2D eigenvalue weighted by Crippen LogP contribution is -2.19. The third-order valence-corrected chi connectivity index (χ3v) is 10.2. The molecule has 0 aliphatic rings. The number of carbonyl (C=O) groups is 2. The topological polar surface area (TPSA) is 160 Å². The molecular formula is C41H48BrF2N8O4PS3. The highest BCUT2D eigenvalue weighted by molar-refractivity contribution is 9.09. The molecule has 5 rings (SSSR count). The number of aliphatic imine (C=N–C) groups is 1. The number of carbonyl (C=O) groups excluding carboxylic acids is 2. The van der Waals surface area contributed by atoms with E-state index in [0.29, 0.717) is 34.2 Å². The third kappa shape index (κ3) is 18.8. The van der Waals surface area contributed by atoms with Gasteiger partial charge in [0, 0.05) is 41.1 Å². The van der Waals surface area contributed by atoms with Crippen LogP contribution in [0, 0.1) is 11.6 Å². The van der Waals surface area contributed by atoms with Crippen molar-refractivity contribution >= 4 is 105 Å². The first-order valence-corrected chi connectivity index (χ1v) is 22.2. The van der Waals surface area contributed by atoms with Gasteiger partial charge in [0.25, 0.3) is 0 Å². The van der Waals surface area contributed by atoms with Gasteiger partial charge in [-0.3, -0.25) is 9.59 Å². The summed E-state index contributed by atoms with van der Waals surface area (Å²) in [4.78, 5) is 36.2. The zero-order chi connectivity index (χ0) is 44.0. The second kappa shape index (κ2) is 26.6. The van der Waals surface area contributed by atoms with Crippen LogP contribution in [0.1, 0.15) is 25.6 Å². The van der Waals surface area contributed by atoms with Crippen LogP contribution in [-0.4, -0.2) is 102 Å². The summed E-state index contributed by atoms with van der Waals surface area (Å²) >= 11 is 10.7. The number of nitrogens with one attached hydrogen (secondary N) is 2. The maximum atomic E-state index is 13.4. The molecule has 0 saturated carbocycles. The molecule has 0 radical (unpaired) electrons. The number of hydrogen-bond donors (Lipinski definition) is 4. The largest absolute Gasteiger partial charge is 0.492 e. The maximum Gasteiger partial charge on any atom is 0.206 e. The molecule has 4 aromatic carbocycles. The molecular weight excluding hydrogens is 914 g/mol. The molecule has 19 heteroatoms. The van der Waals surface area contributed by atoms with Gasteiger partial charge in [0.2, 0.25) is 5.78 Å². The Balaban J connectivity index is 0.000000264. The van der Waals surface area contributed by atoms with Gasteiger partial charge in [0.15, 0.2) is 21.2 Å². The number of alkyl halides is 1. The smallest absolute Gasteiger partial charge is 0.206 e. The Morgan fingerprint density at radius 2 is 1.38 bits per heavy atom. The molecule has 0 saturated heterocycles. The average molecular weight is 962 g/mol. The van der Waals surface area contributed by atoms with E-state index in [2.05, 4.69) is 50.7 Å². The number of nitrogens with two attached hydrogens (primary N) is 2. The average Bonchev–Trinajstić information content (AvgIpc) is 3.58. The van der Waals surface area contributed by atoms with Crippen LogP contribution in [0.2, 0.25) is 0 Å². The lowest BCUT2D eigenvalue weighted by Gasteiger charge is -2.11. The van der Waals surface area contributed by atoms with Crippen molar-refractivity contribution in [1.29, 1.82) is 0 Å². The highest BCUT2D eigenvalue weighted by atomic mass is 79.9. The quantitative estimate of drug-likeness (QED) is 0.0187. The van der Waals surface area contributed by atoms with Crippen LogP contribution < -0.4 is 31.6 Å². The number of anilines is 4. The van der Waals surface area contributed by atoms with Gasteiger partial charge in [-0.25, -0.2) is 13.8 Å². The fourth-order valence-electron chi connectivity index (χ4n) is 4.50. The molecule has 12 nitrogen and oxygen atoms in total. The molecule has 1 unspecified atom stereocenters. The normalized spacial score (nSPS) is 10.9. The highest BCUT2D eigenvalue weighted by Crippen LogP contribution is 2.30. The molecule has 5 aromatic rings. The number of nitrogen functional groups attached to an aromatic ring is 1. The Kier molecular flexibility index (Phi) is 22.1. The SMILES string of the molecule is CN(C)CCOc1ccc(NC(=S)N=C(N)SCP)cc1.CN(C)CCOc1ccc(Nc2nc(N)c(C(=O)c3cccc(F)c3)s2)cc1.O=C(CBr)c1cccc(F)c1. The molecule has 320 valence electrons. The second-order valence-electron chi connectivity index (χ2n) is 12.8. The number of halogens is 3. The summed E-state index contributed by atoms with van der Waals surface area (Å²) in [5.74, 6) is 0.405. The summed E-state index contributed by atoms with van der Waals surface area (Å²) in [5, 5.41) is 7.65. The van der Waals surface area contributed by atoms with Crippen molar-refractivity contribution < 1.29 is 27.8 Å². The van der Waals surface area contributed by atoms with E-state index in [9.17, 15) is 18.4 Å². The lowest BCUT2D eigenvalue weighted by atomic mass is 10.1. The minimum Gasteiger partial charge on any atom is -0.492 e. The number of amidine groups is 1. The van der Waals surface area contributed by atoms with E-state index in [1.165, 1.54) is 48.2 Å². The van der Waals surface area contributed by atoms with Crippen molar-refractivity contribution in [2.45, 2.75) is 0 Å². The molecule has 60 heavy (non-hydrogen) atoms. The van der Waals surface area contributed by atoms with Crippen LogP contribution in [0.3, 0.4) is 0 Å². The van der Waals surface area contributed by atoms with Gasteiger partial charge in [-0.15, -0.1) is 9.24 Å². The van der Waals surface area contributed by atoms with Gasteiger partial charge in [-0.2, -0.15) is 4.99 Å². The number of ether oxygens (including phenoxy) is 2. The van der Waals surface area contributed by atoms with Crippen molar-refractivity contribution in [2.75, 3.05) is 81.7 Å². The third-order valence-electron chi connectivity index (χ3n) is 7.48. The van der Waals surface area contributed by atoms with Gasteiger partial charge >= 0.3 is 0 Å². The zero-order valence-corrected chi connectivity index (χ0v) is 38.7. The second-order valence-corrected chi connectivity index (χ2v) is 16.8. The number of hydrogen-bond acceptors (Lipinski definition) is 12. The molecule has 0 fully saturated rings. The van der Waals surface area contributed by atoms with E-state index < -0.39 is 5.82 Å². The van der Waals surface area contributed by atoms with Gasteiger partial charge in [0.05, 0.1) is 5.33 Å². The first-order valence-electron chi connectivity index (χ1n) is 18.1. The van der Waals surface area contributed by atoms with Crippen LogP contribution >= 0.6 is 60.5 Å². The van der Waals surface area contributed by atoms with E-state index in [1.807, 2.05) is 81.6 Å². The predicted molar refractivity (Wildman–Crippen MR) is 255 cm³/mol. The first-order chi connectivity index (χ1) is 28.7. The summed E-state index contributed by atoms with van der Waals surface area (Å²) in [6.45, 7) is 2.98. The summed E-state index contributed by atoms with van der Waals surface area (Å²) in [6.07, 6.45) is 0. The Morgan fingerprint density at radius 3 is 1.88 bits per heavy atom. The Labute approximate surface area is 373 Å². The summed E-state index contributed by atoms with van der Waals surface area (Å²) in [5.41, 5.74) is 14.7. The van der Waals surface area contributed by atoms with Gasteiger partial charge in [0.1, 0.15) is 47.0 Å². The maximum absolute atomic E-state index is 13.4. The molecule has 1 aromatic heterocycles. The van der Waals surface area contributed by atoms with Crippen molar-refractivity contribution in [3.63, 3.8) is 0 Å². The number of benzene rings is 4. The van der Waals surface area contributed by atoms with E-state index in [0.717, 1.165) is 52.8 Å². The Bertz CT molecular complexity index is 2160. The van der Waals surface area contributed by atoms with Crippen molar-refractivity contribution in [3.8, 4) is 11.5 Å². The number of ketones is 2. The Hall–Kier alpha value is -4.55. The number of thioether (sulfide) groups is 1. The number of thiazole rings is 1. The van der Waals surface area contributed by atoms with Crippen LogP contribution in [-0.2, 0) is 0 Å². The molecule has 0 bridgehead atoms. The molecule has 6 N–H and O–H groups in total. The van der Waals surface area contributed by atoms with Crippen LogP contribution in [0.5, 0.6) is 11.5 Å². The first kappa shape index (κ1) is 49.8. The van der Waals surface area contributed by atoms with E-state index >= 15 is 0 Å². The summed E-state index contributed by atoms with van der Waals surface area (Å²) in [7, 11) is 10.6. The molecule has 0 aliphatic carbocycles. The van der Waals surface area contributed by atoms with Crippen molar-refractivity contribution in [1.82, 2.24) is 14.8 Å². The number of thiocarbonyl (C=S) groups is 1. The fourth-order valence-corrected chi connectivity index (χ4v) is 6.81. The number of aromatic nitrogens is 1. The lowest BCUT2D eigenvalue weighted by molar-refractivity contribution is 0.102. The highest BCUT2D eigenvalue weighted by Gasteiger charge is 2.18. The van der Waals surface area contributed by atoms with Gasteiger partial charge < -0.3 is 41.4 Å². The van der Waals surface area contributed by atoms with E-state index in [4.69, 9.17) is 33.2 Å². The Morgan fingerprint density at radius 1 is 0.867 bits per heavy atom. The van der Waals surface area contributed by atoms with Gasteiger partial charge in [-0.1, -0.05) is 63.3 Å². The van der Waals surface area contributed by atoms with Crippen LogP contribution in [0.4, 0.5) is 31.1 Å². The van der Waals surface area contributed by atoms with Gasteiger partial charge in [-0.05, 0) is 113 Å². The van der Waals surface area contributed by atoms with Crippen molar-refractivity contribution in [2.24, 2.45) is 10.7 Å². The number of likely N-dealkylation sites (N-methyl/N-ethyl adjacent to an activating group) is 2. The summed E-state index contributed by atoms with van der Waals surface area (Å²) in [6, 6.07) is 26.2. The minimum absolute atomic E-state index is 0.107. The fraction of sp³-hybridized carbons (Fsp3) is 0.244. The minimum atomic E-state index is -0.472. The molecule has 1 atom stereocenters. The molecule has 0 spiro atoms. The monoisotopic (exact) mass is 960 g/mol. The zero-order valence-electron chi connectivity index (χ0n) is 33.5. The van der Waals surface area contributed by atoms with Crippen LogP contribution in [0.25, 0.3) is 0 Å². The number of nitrogens with zero attached hydrogens (tertiary/aromatic N) is 4. The number of Topliss-reactive ketones (excluding diaryl/α,β-unsaturated/α-hetero) is 1. The molecule has 0 aliphatic heterocycles. The standard InChI is InChI=1S/C20H21FN4O2S.C13H21N4OPS2.C8H6BrFO/c1-25(2)10-11-27-16-8-6-15(7-9-16)23-20-24-19(22)18(28-20)17(26)13-4-3-5-14(21)12-13;1-17(2)7-8-18-11-5-3-10(4-6-11)15-13(20)16-12(14)21-9-19;9-5-8(11)6-2-1-3-7(10)4-6/h3-9,12H,10-11,22H2,1-2H3,(H,23,24);3-6H,7-9,19H2,1-2H3,(H3,14,15,16,20);1-4H,5H2. The van der Waals surface area contributed by atoms with Crippen LogP contribution in [0.15, 0.2) is 102 Å².